The fourth-order valence-electron chi connectivity index (χ4n) is 1.80. The minimum Gasteiger partial charge on any atom is -0.381 e. The van der Waals surface area contributed by atoms with Gasteiger partial charge in [-0.05, 0) is 44.7 Å². The van der Waals surface area contributed by atoms with Crippen LogP contribution in [0.3, 0.4) is 0 Å². The van der Waals surface area contributed by atoms with Crippen LogP contribution >= 0.6 is 31.9 Å². The summed E-state index contributed by atoms with van der Waals surface area (Å²) in [4.78, 5) is 0. The van der Waals surface area contributed by atoms with Gasteiger partial charge in [-0.1, -0.05) is 0 Å². The summed E-state index contributed by atoms with van der Waals surface area (Å²) in [5.41, 5.74) is -0.0567. The summed E-state index contributed by atoms with van der Waals surface area (Å²) in [5, 5.41) is 4.11. The molecule has 1 aliphatic rings. The summed E-state index contributed by atoms with van der Waals surface area (Å²) in [6.07, 6.45) is -1.09. The van der Waals surface area contributed by atoms with E-state index in [9.17, 15) is 8.78 Å². The molecule has 1 saturated heterocycles. The van der Waals surface area contributed by atoms with Crippen molar-refractivity contribution in [1.82, 2.24) is 9.78 Å². The third kappa shape index (κ3) is 2.31. The first-order valence-electron chi connectivity index (χ1n) is 4.90. The Bertz CT molecular complexity index is 378. The van der Waals surface area contributed by atoms with Crippen molar-refractivity contribution in [2.45, 2.75) is 25.3 Å². The Balaban J connectivity index is 2.35. The highest BCUT2D eigenvalue weighted by Gasteiger charge is 2.27. The average Bonchev–Trinajstić information content (AvgIpc) is 2.57. The molecule has 2 heterocycles. The molecule has 0 aliphatic carbocycles. The largest absolute Gasteiger partial charge is 0.381 e. The molecule has 0 bridgehead atoms. The zero-order valence-electron chi connectivity index (χ0n) is 8.30. The molecule has 90 valence electrons. The van der Waals surface area contributed by atoms with E-state index in [4.69, 9.17) is 4.74 Å². The number of ether oxygens (including phenoxy) is 1. The molecule has 0 amide bonds. The predicted octanol–water partition coefficient (Wildman–Crippen LogP) is 3.70. The average molecular weight is 360 g/mol. The summed E-state index contributed by atoms with van der Waals surface area (Å²) >= 11 is 6.29. The zero-order valence-corrected chi connectivity index (χ0v) is 11.5. The maximum atomic E-state index is 12.9. The van der Waals surface area contributed by atoms with Crippen LogP contribution in [0.1, 0.15) is 31.0 Å². The molecule has 1 aromatic rings. The van der Waals surface area contributed by atoms with Gasteiger partial charge in [0.2, 0.25) is 0 Å². The predicted molar refractivity (Wildman–Crippen MR) is 61.7 cm³/mol. The molecule has 7 heteroatoms. The first-order valence-corrected chi connectivity index (χ1v) is 6.49. The summed E-state index contributed by atoms with van der Waals surface area (Å²) in [6.45, 7) is 1.20. The Kier molecular flexibility index (Phi) is 3.97. The Morgan fingerprint density at radius 1 is 1.31 bits per heavy atom. The summed E-state index contributed by atoms with van der Waals surface area (Å²) < 4.78 is 33.2. The van der Waals surface area contributed by atoms with E-state index in [2.05, 4.69) is 37.0 Å². The number of hydrogen-bond acceptors (Lipinski definition) is 2. The second kappa shape index (κ2) is 5.10. The second-order valence-corrected chi connectivity index (χ2v) is 5.12. The van der Waals surface area contributed by atoms with Crippen molar-refractivity contribution >= 4 is 31.9 Å². The van der Waals surface area contributed by atoms with Crippen LogP contribution in [0, 0.1) is 0 Å². The maximum absolute atomic E-state index is 12.9. The molecular weight excluding hydrogens is 350 g/mol. The van der Waals surface area contributed by atoms with Gasteiger partial charge >= 0.3 is 0 Å². The van der Waals surface area contributed by atoms with Crippen LogP contribution in [0.2, 0.25) is 0 Å². The number of rotatable bonds is 2. The smallest absolute Gasteiger partial charge is 0.281 e. The quantitative estimate of drug-likeness (QED) is 0.805. The molecule has 1 fully saturated rings. The van der Waals surface area contributed by atoms with Crippen molar-refractivity contribution in [3.05, 3.63) is 14.8 Å². The van der Waals surface area contributed by atoms with Gasteiger partial charge in [-0.2, -0.15) is 5.10 Å². The van der Waals surface area contributed by atoms with Gasteiger partial charge in [0.15, 0.2) is 0 Å². The molecule has 0 unspecified atom stereocenters. The van der Waals surface area contributed by atoms with Gasteiger partial charge in [-0.15, -0.1) is 0 Å². The minimum atomic E-state index is -2.53. The van der Waals surface area contributed by atoms with E-state index < -0.39 is 6.43 Å². The molecule has 0 N–H and O–H groups in total. The minimum absolute atomic E-state index is 0.000324. The van der Waals surface area contributed by atoms with Gasteiger partial charge in [0.25, 0.3) is 6.43 Å². The SMILES string of the molecule is FC(F)c1c(Br)c(Br)nn1C1CCOCC1. The van der Waals surface area contributed by atoms with Crippen LogP contribution in [0.5, 0.6) is 0 Å². The van der Waals surface area contributed by atoms with E-state index in [0.29, 0.717) is 22.3 Å². The lowest BCUT2D eigenvalue weighted by molar-refractivity contribution is 0.0593. The van der Waals surface area contributed by atoms with Crippen molar-refractivity contribution in [1.29, 1.82) is 0 Å². The highest BCUT2D eigenvalue weighted by Crippen LogP contribution is 2.36. The fourth-order valence-corrected chi connectivity index (χ4v) is 2.61. The molecule has 3 nitrogen and oxygen atoms in total. The lowest BCUT2D eigenvalue weighted by Crippen LogP contribution is -2.22. The van der Waals surface area contributed by atoms with Gasteiger partial charge < -0.3 is 4.74 Å². The van der Waals surface area contributed by atoms with E-state index in [1.165, 1.54) is 4.68 Å². The van der Waals surface area contributed by atoms with Crippen LogP contribution in [0.25, 0.3) is 0 Å². The van der Waals surface area contributed by atoms with Crippen molar-refractivity contribution in [3.63, 3.8) is 0 Å². The van der Waals surface area contributed by atoms with Crippen LogP contribution in [0.15, 0.2) is 9.08 Å². The molecule has 0 spiro atoms. The normalized spacial score (nSPS) is 18.3. The molecular formula is C9H10Br2F2N2O. The Morgan fingerprint density at radius 2 is 1.94 bits per heavy atom. The molecule has 2 rings (SSSR count). The Morgan fingerprint density at radius 3 is 2.50 bits per heavy atom. The molecule has 0 radical (unpaired) electrons. The van der Waals surface area contributed by atoms with E-state index >= 15 is 0 Å². The van der Waals surface area contributed by atoms with Crippen LogP contribution in [-0.4, -0.2) is 23.0 Å². The van der Waals surface area contributed by atoms with Gasteiger partial charge in [0, 0.05) is 13.2 Å². The highest BCUT2D eigenvalue weighted by atomic mass is 79.9. The summed E-state index contributed by atoms with van der Waals surface area (Å²) in [6, 6.07) is 0.000324. The van der Waals surface area contributed by atoms with Gasteiger partial charge in [-0.3, -0.25) is 4.68 Å². The number of halogens is 4. The standard InChI is InChI=1S/C9H10Br2F2N2O/c10-6-7(9(12)13)15(14-8(6)11)5-1-3-16-4-2-5/h5,9H,1-4H2. The van der Waals surface area contributed by atoms with Crippen molar-refractivity contribution in [2.24, 2.45) is 0 Å². The van der Waals surface area contributed by atoms with E-state index in [1.54, 1.807) is 0 Å². The van der Waals surface area contributed by atoms with Gasteiger partial charge in [0.05, 0.1) is 10.5 Å². The topological polar surface area (TPSA) is 27.1 Å². The third-order valence-electron chi connectivity index (χ3n) is 2.59. The van der Waals surface area contributed by atoms with Crippen molar-refractivity contribution in [3.8, 4) is 0 Å². The lowest BCUT2D eigenvalue weighted by atomic mass is 10.1. The molecule has 0 atom stereocenters. The first-order chi connectivity index (χ1) is 7.61. The molecule has 0 saturated carbocycles. The van der Waals surface area contributed by atoms with Crippen LogP contribution in [-0.2, 0) is 4.74 Å². The second-order valence-electron chi connectivity index (χ2n) is 3.58. The first kappa shape index (κ1) is 12.4. The molecule has 0 aromatic carbocycles. The van der Waals surface area contributed by atoms with Crippen LogP contribution in [0.4, 0.5) is 8.78 Å². The van der Waals surface area contributed by atoms with E-state index in [0.717, 1.165) is 12.8 Å². The number of alkyl halides is 2. The Hall–Kier alpha value is -0.0100. The van der Waals surface area contributed by atoms with Crippen molar-refractivity contribution in [2.75, 3.05) is 13.2 Å². The van der Waals surface area contributed by atoms with Gasteiger partial charge in [-0.25, -0.2) is 8.78 Å². The number of hydrogen-bond donors (Lipinski definition) is 0. The fraction of sp³-hybridized carbons (Fsp3) is 0.667. The zero-order chi connectivity index (χ0) is 11.7. The Labute approximate surface area is 108 Å². The molecule has 1 aromatic heterocycles. The molecule has 16 heavy (non-hydrogen) atoms. The monoisotopic (exact) mass is 358 g/mol. The van der Waals surface area contributed by atoms with Gasteiger partial charge in [0.1, 0.15) is 10.3 Å². The van der Waals surface area contributed by atoms with E-state index in [-0.39, 0.29) is 11.7 Å². The molecule has 1 aliphatic heterocycles. The van der Waals surface area contributed by atoms with E-state index in [1.807, 2.05) is 0 Å². The number of nitrogens with zero attached hydrogens (tertiary/aromatic N) is 2. The highest BCUT2D eigenvalue weighted by molar-refractivity contribution is 9.13. The van der Waals surface area contributed by atoms with Crippen LogP contribution < -0.4 is 0 Å². The third-order valence-corrected chi connectivity index (χ3v) is 4.46. The summed E-state index contributed by atoms with van der Waals surface area (Å²) in [5.74, 6) is 0. The summed E-state index contributed by atoms with van der Waals surface area (Å²) in [7, 11) is 0. The van der Waals surface area contributed by atoms with Crippen molar-refractivity contribution < 1.29 is 13.5 Å². The lowest BCUT2D eigenvalue weighted by Gasteiger charge is -2.24. The maximum Gasteiger partial charge on any atom is 0.281 e. The number of aromatic nitrogens is 2.